The first kappa shape index (κ1) is 16.2. The summed E-state index contributed by atoms with van der Waals surface area (Å²) in [6.07, 6.45) is -0.543. The van der Waals surface area contributed by atoms with E-state index in [0.29, 0.717) is 0 Å². The van der Waals surface area contributed by atoms with Crippen LogP contribution in [0.1, 0.15) is 23.7 Å². The summed E-state index contributed by atoms with van der Waals surface area (Å²) in [5.74, 6) is -3.50. The van der Waals surface area contributed by atoms with Crippen LogP contribution in [0.25, 0.3) is 0 Å². The fraction of sp³-hybridized carbons (Fsp3) is 0.214. The molecule has 0 saturated carbocycles. The summed E-state index contributed by atoms with van der Waals surface area (Å²) in [6, 6.07) is 3.61. The molecule has 0 fully saturated rings. The Balaban J connectivity index is 2.85. The highest BCUT2D eigenvalue weighted by atomic mass is 16.5. The number of aliphatic carboxylic acids is 1. The van der Waals surface area contributed by atoms with Crippen molar-refractivity contribution < 1.29 is 34.1 Å². The van der Waals surface area contributed by atoms with Crippen LogP contribution in [-0.2, 0) is 14.3 Å². The average Bonchev–Trinajstić information content (AvgIpc) is 2.41. The fourth-order valence-corrected chi connectivity index (χ4v) is 1.35. The van der Waals surface area contributed by atoms with Crippen LogP contribution in [0.4, 0.5) is 0 Å². The average molecular weight is 294 g/mol. The van der Waals surface area contributed by atoms with Crippen molar-refractivity contribution in [2.75, 3.05) is 6.61 Å². The summed E-state index contributed by atoms with van der Waals surface area (Å²) >= 11 is 0. The molecule has 21 heavy (non-hydrogen) atoms. The Labute approximate surface area is 120 Å². The normalized spacial score (nSPS) is 9.76. The van der Waals surface area contributed by atoms with Crippen LogP contribution in [0, 0.1) is 0 Å². The highest BCUT2D eigenvalue weighted by Crippen LogP contribution is 2.27. The minimum Gasteiger partial charge on any atom is -0.504 e. The summed E-state index contributed by atoms with van der Waals surface area (Å²) in [6.45, 7) is 5.00. The lowest BCUT2D eigenvalue weighted by Crippen LogP contribution is -2.13. The van der Waals surface area contributed by atoms with Gasteiger partial charge in [0.25, 0.3) is 0 Å². The predicted octanol–water partition coefficient (Wildman–Crippen LogP) is 1.51. The third-order valence-electron chi connectivity index (χ3n) is 2.35. The monoisotopic (exact) mass is 294 g/mol. The maximum Gasteiger partial charge on any atom is 0.338 e. The number of carboxylic acids is 1. The van der Waals surface area contributed by atoms with E-state index in [0.717, 1.165) is 6.07 Å². The highest BCUT2D eigenvalue weighted by Gasteiger charge is 2.16. The first-order valence-electron chi connectivity index (χ1n) is 5.97. The number of carbonyl (C=O) groups excluding carboxylic acids is 2. The third kappa shape index (κ3) is 4.64. The number of rotatable bonds is 6. The molecular weight excluding hydrogens is 280 g/mol. The van der Waals surface area contributed by atoms with Gasteiger partial charge in [-0.2, -0.15) is 0 Å². The highest BCUT2D eigenvalue weighted by molar-refractivity contribution is 5.93. The lowest BCUT2D eigenvalue weighted by atomic mass is 10.2. The molecule has 1 aromatic carbocycles. The quantitative estimate of drug-likeness (QED) is 0.464. The number of hydrogen-bond acceptors (Lipinski definition) is 6. The molecule has 0 spiro atoms. The van der Waals surface area contributed by atoms with E-state index in [-0.39, 0.29) is 29.2 Å². The Morgan fingerprint density at radius 2 is 1.95 bits per heavy atom. The number of aromatic hydroxyl groups is 1. The third-order valence-corrected chi connectivity index (χ3v) is 2.35. The number of esters is 2. The summed E-state index contributed by atoms with van der Waals surface area (Å²) in [7, 11) is 0. The van der Waals surface area contributed by atoms with Gasteiger partial charge in [-0.3, -0.25) is 4.79 Å². The molecule has 0 bridgehead atoms. The number of ether oxygens (including phenoxy) is 2. The number of phenolic OH excluding ortho intramolecular Hbond substituents is 1. The van der Waals surface area contributed by atoms with E-state index in [4.69, 9.17) is 14.6 Å². The van der Waals surface area contributed by atoms with Crippen molar-refractivity contribution in [3.8, 4) is 11.5 Å². The first-order chi connectivity index (χ1) is 9.85. The summed E-state index contributed by atoms with van der Waals surface area (Å²) in [5.41, 5.74) is -0.254. The molecule has 1 rings (SSSR count). The minimum atomic E-state index is -1.32. The number of benzene rings is 1. The van der Waals surface area contributed by atoms with E-state index in [9.17, 15) is 19.5 Å². The molecule has 0 heterocycles. The van der Waals surface area contributed by atoms with Gasteiger partial charge in [0.2, 0.25) is 0 Å². The fourth-order valence-electron chi connectivity index (χ4n) is 1.35. The van der Waals surface area contributed by atoms with E-state index < -0.39 is 24.3 Å². The van der Waals surface area contributed by atoms with Gasteiger partial charge in [-0.1, -0.05) is 6.58 Å². The molecule has 1 aromatic rings. The number of carboxylic acid groups (broad SMARTS) is 1. The van der Waals surface area contributed by atoms with Crippen LogP contribution in [0.2, 0.25) is 0 Å². The molecule has 0 amide bonds. The van der Waals surface area contributed by atoms with E-state index in [2.05, 4.69) is 6.58 Å². The topological polar surface area (TPSA) is 110 Å². The Morgan fingerprint density at radius 1 is 1.29 bits per heavy atom. The van der Waals surface area contributed by atoms with Crippen molar-refractivity contribution in [3.05, 3.63) is 35.9 Å². The molecule has 7 heteroatoms. The zero-order valence-corrected chi connectivity index (χ0v) is 11.3. The molecule has 0 atom stereocenters. The van der Waals surface area contributed by atoms with Gasteiger partial charge in [0.1, 0.15) is 0 Å². The van der Waals surface area contributed by atoms with Crippen molar-refractivity contribution in [2.24, 2.45) is 0 Å². The maximum atomic E-state index is 11.5. The van der Waals surface area contributed by atoms with Gasteiger partial charge in [-0.25, -0.2) is 9.59 Å². The van der Waals surface area contributed by atoms with Gasteiger partial charge in [0, 0.05) is 5.57 Å². The zero-order valence-electron chi connectivity index (χ0n) is 11.3. The van der Waals surface area contributed by atoms with Crippen molar-refractivity contribution in [1.82, 2.24) is 0 Å². The van der Waals surface area contributed by atoms with Gasteiger partial charge in [-0.15, -0.1) is 0 Å². The van der Waals surface area contributed by atoms with Crippen LogP contribution in [-0.4, -0.2) is 34.7 Å². The zero-order chi connectivity index (χ0) is 16.0. The Hall–Kier alpha value is -2.83. The minimum absolute atomic E-state index is 0.0921. The standard InChI is InChI=1S/C14H14O7/c1-3-20-14(19)9-4-5-10(15)11(7-9)21-12(16)6-8(2)13(17)18/h4-5,7,15H,2-3,6H2,1H3,(H,17,18). The number of hydrogen-bond donors (Lipinski definition) is 2. The van der Waals surface area contributed by atoms with Crippen LogP contribution in [0.5, 0.6) is 11.5 Å². The maximum absolute atomic E-state index is 11.5. The predicted molar refractivity (Wildman–Crippen MR) is 71.1 cm³/mol. The largest absolute Gasteiger partial charge is 0.504 e. The van der Waals surface area contributed by atoms with Crippen LogP contribution in [0.15, 0.2) is 30.4 Å². The first-order valence-corrected chi connectivity index (χ1v) is 5.97. The van der Waals surface area contributed by atoms with E-state index in [1.807, 2.05) is 0 Å². The second kappa shape index (κ2) is 7.09. The van der Waals surface area contributed by atoms with Crippen LogP contribution < -0.4 is 4.74 Å². The second-order valence-electron chi connectivity index (χ2n) is 3.96. The summed E-state index contributed by atoms with van der Waals surface area (Å²) in [4.78, 5) is 33.6. The smallest absolute Gasteiger partial charge is 0.338 e. The molecule has 112 valence electrons. The van der Waals surface area contributed by atoms with Crippen LogP contribution >= 0.6 is 0 Å². The van der Waals surface area contributed by atoms with E-state index in [1.54, 1.807) is 6.92 Å². The molecule has 0 aliphatic carbocycles. The number of phenols is 1. The molecule has 0 radical (unpaired) electrons. The summed E-state index contributed by atoms with van der Waals surface area (Å²) in [5, 5.41) is 18.2. The van der Waals surface area contributed by atoms with Gasteiger partial charge in [-0.05, 0) is 25.1 Å². The van der Waals surface area contributed by atoms with Gasteiger partial charge in [0.05, 0.1) is 18.6 Å². The molecular formula is C14H14O7. The lowest BCUT2D eigenvalue weighted by molar-refractivity contribution is -0.138. The van der Waals surface area contributed by atoms with Gasteiger partial charge < -0.3 is 19.7 Å². The van der Waals surface area contributed by atoms with Crippen molar-refractivity contribution >= 4 is 17.9 Å². The van der Waals surface area contributed by atoms with Crippen molar-refractivity contribution in [2.45, 2.75) is 13.3 Å². The Bertz CT molecular complexity index is 589. The molecule has 7 nitrogen and oxygen atoms in total. The van der Waals surface area contributed by atoms with Crippen molar-refractivity contribution in [1.29, 1.82) is 0 Å². The molecule has 0 aliphatic rings. The lowest BCUT2D eigenvalue weighted by Gasteiger charge is -2.08. The Morgan fingerprint density at radius 3 is 2.52 bits per heavy atom. The van der Waals surface area contributed by atoms with Gasteiger partial charge >= 0.3 is 17.9 Å². The van der Waals surface area contributed by atoms with E-state index in [1.165, 1.54) is 12.1 Å². The van der Waals surface area contributed by atoms with Crippen LogP contribution in [0.3, 0.4) is 0 Å². The molecule has 0 aliphatic heterocycles. The Kier molecular flexibility index (Phi) is 5.48. The van der Waals surface area contributed by atoms with Crippen molar-refractivity contribution in [3.63, 3.8) is 0 Å². The molecule has 0 aromatic heterocycles. The SMILES string of the molecule is C=C(CC(=O)Oc1cc(C(=O)OCC)ccc1O)C(=O)O. The van der Waals surface area contributed by atoms with Gasteiger partial charge in [0.15, 0.2) is 11.5 Å². The van der Waals surface area contributed by atoms with E-state index >= 15 is 0 Å². The second-order valence-corrected chi connectivity index (χ2v) is 3.96. The molecule has 0 saturated heterocycles. The number of carbonyl (C=O) groups is 3. The summed E-state index contributed by atoms with van der Waals surface area (Å²) < 4.78 is 9.58. The molecule has 2 N–H and O–H groups in total. The molecule has 0 unspecified atom stereocenters.